The molecular formula is C24H23FN6OS. The van der Waals surface area contributed by atoms with Gasteiger partial charge in [0.25, 0.3) is 5.91 Å². The molecule has 9 heteroatoms. The van der Waals surface area contributed by atoms with Crippen LogP contribution < -0.4 is 10.6 Å². The number of carbonyl (C=O) groups excluding carboxylic acids is 1. The highest BCUT2D eigenvalue weighted by atomic mass is 32.1. The van der Waals surface area contributed by atoms with Crippen LogP contribution in [0.1, 0.15) is 40.5 Å². The van der Waals surface area contributed by atoms with E-state index < -0.39 is 0 Å². The molecule has 5 rings (SSSR count). The number of hydrogen-bond donors (Lipinski definition) is 3. The van der Waals surface area contributed by atoms with Gasteiger partial charge < -0.3 is 10.6 Å². The number of H-pyrrole nitrogens is 1. The molecular weight excluding hydrogens is 439 g/mol. The van der Waals surface area contributed by atoms with Crippen LogP contribution in [0, 0.1) is 5.82 Å². The van der Waals surface area contributed by atoms with Gasteiger partial charge in [-0.2, -0.15) is 5.10 Å². The molecule has 0 saturated carbocycles. The van der Waals surface area contributed by atoms with Gasteiger partial charge in [-0.05, 0) is 61.8 Å². The number of aromatic amines is 1. The van der Waals surface area contributed by atoms with E-state index in [0.29, 0.717) is 18.2 Å². The van der Waals surface area contributed by atoms with E-state index in [0.717, 1.165) is 59.0 Å². The van der Waals surface area contributed by atoms with Gasteiger partial charge in [0.05, 0.1) is 5.56 Å². The summed E-state index contributed by atoms with van der Waals surface area (Å²) >= 11 is 1.41. The van der Waals surface area contributed by atoms with Gasteiger partial charge in [-0.3, -0.25) is 14.9 Å². The summed E-state index contributed by atoms with van der Waals surface area (Å²) < 4.78 is 13.5. The third-order valence-electron chi connectivity index (χ3n) is 5.79. The Balaban J connectivity index is 1.46. The van der Waals surface area contributed by atoms with E-state index in [4.69, 9.17) is 0 Å². The molecule has 4 heterocycles. The maximum atomic E-state index is 13.5. The molecule has 33 heavy (non-hydrogen) atoms. The Labute approximate surface area is 194 Å². The maximum absolute atomic E-state index is 13.5. The van der Waals surface area contributed by atoms with Crippen molar-refractivity contribution in [3.05, 3.63) is 76.9 Å². The second-order valence-electron chi connectivity index (χ2n) is 7.97. The second kappa shape index (κ2) is 9.60. The first kappa shape index (κ1) is 21.4. The molecule has 1 aliphatic rings. The van der Waals surface area contributed by atoms with Crippen molar-refractivity contribution in [3.63, 3.8) is 0 Å². The van der Waals surface area contributed by atoms with Crippen LogP contribution in [0.15, 0.2) is 54.2 Å². The summed E-state index contributed by atoms with van der Waals surface area (Å²) in [6, 6.07) is 10.0. The Morgan fingerprint density at radius 1 is 1.18 bits per heavy atom. The standard InChI is InChI=1S/C24H23FN6OS/c25-18-5-3-16(4-6-18)21-20(22(31-30-21)17-7-10-26-11-8-17)24-29-19(14-33-24)23(32)28-13-15-2-1-9-27-12-15/h1-6,9,12,14,17,26H,7-8,10-11,13H2,(H,28,32)(H,30,31). The molecule has 0 unspecified atom stereocenters. The van der Waals surface area contributed by atoms with Crippen LogP contribution in [-0.2, 0) is 6.54 Å². The van der Waals surface area contributed by atoms with E-state index in [2.05, 4.69) is 30.8 Å². The minimum absolute atomic E-state index is 0.239. The molecule has 1 amide bonds. The minimum atomic E-state index is -0.295. The number of pyridine rings is 1. The molecule has 0 bridgehead atoms. The fourth-order valence-electron chi connectivity index (χ4n) is 4.06. The van der Waals surface area contributed by atoms with E-state index in [1.807, 2.05) is 12.1 Å². The zero-order valence-electron chi connectivity index (χ0n) is 17.8. The number of nitrogens with zero attached hydrogens (tertiary/aromatic N) is 3. The van der Waals surface area contributed by atoms with Crippen molar-refractivity contribution < 1.29 is 9.18 Å². The van der Waals surface area contributed by atoms with E-state index in [9.17, 15) is 9.18 Å². The molecule has 0 radical (unpaired) electrons. The molecule has 1 aliphatic heterocycles. The lowest BCUT2D eigenvalue weighted by atomic mass is 9.91. The van der Waals surface area contributed by atoms with Crippen LogP contribution in [0.5, 0.6) is 0 Å². The second-order valence-corrected chi connectivity index (χ2v) is 8.83. The lowest BCUT2D eigenvalue weighted by Gasteiger charge is -2.22. The summed E-state index contributed by atoms with van der Waals surface area (Å²) in [5, 5.41) is 16.6. The normalized spacial score (nSPS) is 14.3. The van der Waals surface area contributed by atoms with Crippen molar-refractivity contribution in [2.45, 2.75) is 25.3 Å². The molecule has 4 aromatic rings. The number of carbonyl (C=O) groups is 1. The first-order valence-corrected chi connectivity index (χ1v) is 11.7. The molecule has 7 nitrogen and oxygen atoms in total. The fourth-order valence-corrected chi connectivity index (χ4v) is 4.92. The molecule has 168 valence electrons. The Morgan fingerprint density at radius 3 is 2.76 bits per heavy atom. The molecule has 0 atom stereocenters. The monoisotopic (exact) mass is 462 g/mol. The predicted octanol–water partition coefficient (Wildman–Crippen LogP) is 4.13. The van der Waals surface area contributed by atoms with Gasteiger partial charge in [0.15, 0.2) is 0 Å². The van der Waals surface area contributed by atoms with Crippen molar-refractivity contribution >= 4 is 17.2 Å². The summed E-state index contributed by atoms with van der Waals surface area (Å²) in [4.78, 5) is 21.5. The van der Waals surface area contributed by atoms with E-state index in [1.54, 1.807) is 29.9 Å². The summed E-state index contributed by atoms with van der Waals surface area (Å²) in [5.74, 6) is -0.220. The lowest BCUT2D eigenvalue weighted by molar-refractivity contribution is 0.0946. The summed E-state index contributed by atoms with van der Waals surface area (Å²) in [7, 11) is 0. The highest BCUT2D eigenvalue weighted by Gasteiger charge is 2.27. The maximum Gasteiger partial charge on any atom is 0.271 e. The summed E-state index contributed by atoms with van der Waals surface area (Å²) in [5.41, 5.74) is 4.72. The third-order valence-corrected chi connectivity index (χ3v) is 6.65. The Morgan fingerprint density at radius 2 is 2.00 bits per heavy atom. The van der Waals surface area contributed by atoms with Crippen LogP contribution in [0.2, 0.25) is 0 Å². The Bertz CT molecular complexity index is 1230. The van der Waals surface area contributed by atoms with Gasteiger partial charge in [-0.25, -0.2) is 9.37 Å². The number of amides is 1. The van der Waals surface area contributed by atoms with Gasteiger partial charge in [0, 0.05) is 41.5 Å². The molecule has 1 saturated heterocycles. The summed E-state index contributed by atoms with van der Waals surface area (Å²) in [6.07, 6.45) is 5.39. The molecule has 0 spiro atoms. The molecule has 1 fully saturated rings. The molecule has 1 aromatic carbocycles. The number of thiazole rings is 1. The number of piperidine rings is 1. The topological polar surface area (TPSA) is 95.6 Å². The minimum Gasteiger partial charge on any atom is -0.347 e. The van der Waals surface area contributed by atoms with Gasteiger partial charge in [-0.1, -0.05) is 6.07 Å². The van der Waals surface area contributed by atoms with E-state index in [-0.39, 0.29) is 11.7 Å². The van der Waals surface area contributed by atoms with Crippen molar-refractivity contribution in [1.82, 2.24) is 30.8 Å². The summed E-state index contributed by atoms with van der Waals surface area (Å²) in [6.45, 7) is 2.26. The average molecular weight is 463 g/mol. The first-order valence-electron chi connectivity index (χ1n) is 10.9. The van der Waals surface area contributed by atoms with Crippen LogP contribution in [-0.4, -0.2) is 39.2 Å². The number of hydrogen-bond acceptors (Lipinski definition) is 6. The third kappa shape index (κ3) is 4.69. The Kier molecular flexibility index (Phi) is 6.23. The van der Waals surface area contributed by atoms with Crippen molar-refractivity contribution in [1.29, 1.82) is 0 Å². The zero-order valence-corrected chi connectivity index (χ0v) is 18.7. The lowest BCUT2D eigenvalue weighted by Crippen LogP contribution is -2.27. The van der Waals surface area contributed by atoms with Crippen molar-refractivity contribution in [2.75, 3.05) is 13.1 Å². The molecule has 3 aromatic heterocycles. The predicted molar refractivity (Wildman–Crippen MR) is 125 cm³/mol. The van der Waals surface area contributed by atoms with Gasteiger partial charge in [0.1, 0.15) is 22.2 Å². The molecule has 3 N–H and O–H groups in total. The average Bonchev–Trinajstić information content (AvgIpc) is 3.52. The van der Waals surface area contributed by atoms with E-state index in [1.165, 1.54) is 23.5 Å². The van der Waals surface area contributed by atoms with Gasteiger partial charge in [0.2, 0.25) is 0 Å². The van der Waals surface area contributed by atoms with Crippen LogP contribution in [0.3, 0.4) is 0 Å². The highest BCUT2D eigenvalue weighted by Crippen LogP contribution is 2.40. The number of halogens is 1. The van der Waals surface area contributed by atoms with E-state index >= 15 is 0 Å². The van der Waals surface area contributed by atoms with Crippen LogP contribution in [0.4, 0.5) is 4.39 Å². The largest absolute Gasteiger partial charge is 0.347 e. The number of aromatic nitrogens is 4. The highest BCUT2D eigenvalue weighted by molar-refractivity contribution is 7.13. The Hall–Kier alpha value is -3.43. The fraction of sp³-hybridized carbons (Fsp3) is 0.250. The SMILES string of the molecule is O=C(NCc1cccnc1)c1csc(-c2c(-c3ccc(F)cc3)n[nH]c2C2CCNCC2)n1. The molecule has 0 aliphatic carbocycles. The number of rotatable bonds is 6. The van der Waals surface area contributed by atoms with Crippen molar-refractivity contribution in [2.24, 2.45) is 0 Å². The first-order chi connectivity index (χ1) is 16.2. The van der Waals surface area contributed by atoms with Gasteiger partial charge >= 0.3 is 0 Å². The van der Waals surface area contributed by atoms with Crippen molar-refractivity contribution in [3.8, 4) is 21.8 Å². The van der Waals surface area contributed by atoms with Gasteiger partial charge in [-0.15, -0.1) is 11.3 Å². The number of benzene rings is 1. The number of nitrogens with one attached hydrogen (secondary N) is 3. The smallest absolute Gasteiger partial charge is 0.271 e. The quantitative estimate of drug-likeness (QED) is 0.400. The van der Waals surface area contributed by atoms with Crippen LogP contribution >= 0.6 is 11.3 Å². The zero-order chi connectivity index (χ0) is 22.6. The van der Waals surface area contributed by atoms with Crippen LogP contribution in [0.25, 0.3) is 21.8 Å².